The van der Waals surface area contributed by atoms with Crippen molar-refractivity contribution in [3.63, 3.8) is 0 Å². The van der Waals surface area contributed by atoms with Gasteiger partial charge in [0.2, 0.25) is 5.91 Å². The number of benzene rings is 2. The first-order valence-corrected chi connectivity index (χ1v) is 7.94. The fourth-order valence-electron chi connectivity index (χ4n) is 2.79. The number of aromatic nitrogens is 1. The third-order valence-corrected chi connectivity index (χ3v) is 4.18. The molecule has 0 saturated heterocycles. The van der Waals surface area contributed by atoms with E-state index >= 15 is 0 Å². The molecule has 4 heteroatoms. The Hall–Kier alpha value is -3.06. The van der Waals surface area contributed by atoms with Gasteiger partial charge in [0, 0.05) is 38.3 Å². The van der Waals surface area contributed by atoms with Gasteiger partial charge in [-0.25, -0.2) is 0 Å². The molecule has 0 radical (unpaired) electrons. The number of fused-ring (bicyclic) bond motifs is 1. The van der Waals surface area contributed by atoms with Gasteiger partial charge in [-0.3, -0.25) is 4.79 Å². The zero-order valence-electron chi connectivity index (χ0n) is 13.6. The van der Waals surface area contributed by atoms with Gasteiger partial charge >= 0.3 is 0 Å². The summed E-state index contributed by atoms with van der Waals surface area (Å²) in [5, 5.41) is 10.0. The molecule has 1 heterocycles. The van der Waals surface area contributed by atoms with Gasteiger partial charge < -0.3 is 9.47 Å². The van der Waals surface area contributed by atoms with Crippen molar-refractivity contribution in [1.29, 1.82) is 5.26 Å². The third kappa shape index (κ3) is 3.47. The van der Waals surface area contributed by atoms with Crippen LogP contribution in [-0.4, -0.2) is 22.4 Å². The molecule has 0 aliphatic heterocycles. The molecule has 4 nitrogen and oxygen atoms in total. The van der Waals surface area contributed by atoms with Gasteiger partial charge in [0.05, 0.1) is 11.6 Å². The summed E-state index contributed by atoms with van der Waals surface area (Å²) in [5.41, 5.74) is 2.81. The third-order valence-electron chi connectivity index (χ3n) is 4.18. The Morgan fingerprint density at radius 2 is 1.88 bits per heavy atom. The minimum absolute atomic E-state index is 0.108. The van der Waals surface area contributed by atoms with E-state index in [0.717, 1.165) is 11.1 Å². The van der Waals surface area contributed by atoms with Crippen LogP contribution in [0.4, 0.5) is 0 Å². The molecule has 120 valence electrons. The average molecular weight is 317 g/mol. The number of para-hydroxylation sites is 1. The zero-order valence-corrected chi connectivity index (χ0v) is 13.6. The van der Waals surface area contributed by atoms with Crippen LogP contribution in [0.1, 0.15) is 17.5 Å². The number of hydrogen-bond donors (Lipinski definition) is 0. The second kappa shape index (κ2) is 7.01. The Bertz CT molecular complexity index is 887. The smallest absolute Gasteiger partial charge is 0.224 e. The molecule has 2 aromatic carbocycles. The molecule has 0 aliphatic rings. The number of aryl methyl sites for hydroxylation is 1. The second-order valence-corrected chi connectivity index (χ2v) is 5.88. The summed E-state index contributed by atoms with van der Waals surface area (Å²) >= 11 is 0. The first kappa shape index (κ1) is 15.8. The van der Waals surface area contributed by atoms with Crippen LogP contribution in [0, 0.1) is 11.3 Å². The predicted octanol–water partition coefficient (Wildman–Crippen LogP) is 3.56. The van der Waals surface area contributed by atoms with Gasteiger partial charge in [-0.2, -0.15) is 5.26 Å². The summed E-state index contributed by atoms with van der Waals surface area (Å²) in [6.45, 7) is 1.22. The van der Waals surface area contributed by atoms with Gasteiger partial charge in [-0.1, -0.05) is 30.3 Å². The molecule has 3 rings (SSSR count). The van der Waals surface area contributed by atoms with Gasteiger partial charge in [0.1, 0.15) is 0 Å². The van der Waals surface area contributed by atoms with E-state index in [0.29, 0.717) is 25.1 Å². The second-order valence-electron chi connectivity index (χ2n) is 5.88. The fourth-order valence-corrected chi connectivity index (χ4v) is 2.79. The van der Waals surface area contributed by atoms with E-state index in [1.807, 2.05) is 37.5 Å². The Morgan fingerprint density at radius 3 is 2.62 bits per heavy atom. The van der Waals surface area contributed by atoms with Crippen molar-refractivity contribution in [2.45, 2.75) is 19.5 Å². The predicted molar refractivity (Wildman–Crippen MR) is 94.2 cm³/mol. The fraction of sp³-hybridized carbons (Fsp3) is 0.200. The molecule has 0 saturated carbocycles. The normalized spacial score (nSPS) is 10.5. The van der Waals surface area contributed by atoms with Crippen LogP contribution in [0.2, 0.25) is 0 Å². The van der Waals surface area contributed by atoms with Crippen molar-refractivity contribution in [1.82, 2.24) is 9.47 Å². The van der Waals surface area contributed by atoms with Crippen molar-refractivity contribution in [3.8, 4) is 6.07 Å². The average Bonchev–Trinajstić information content (AvgIpc) is 3.03. The van der Waals surface area contributed by atoms with Crippen molar-refractivity contribution in [3.05, 3.63) is 71.9 Å². The molecule has 3 aromatic rings. The molecule has 0 unspecified atom stereocenters. The lowest BCUT2D eigenvalue weighted by Crippen LogP contribution is -2.27. The number of nitriles is 1. The van der Waals surface area contributed by atoms with Crippen molar-refractivity contribution < 1.29 is 4.79 Å². The van der Waals surface area contributed by atoms with E-state index in [1.165, 1.54) is 5.39 Å². The quantitative estimate of drug-likeness (QED) is 0.722. The van der Waals surface area contributed by atoms with Crippen LogP contribution < -0.4 is 0 Å². The van der Waals surface area contributed by atoms with Crippen LogP contribution in [-0.2, 0) is 17.9 Å². The highest BCUT2D eigenvalue weighted by atomic mass is 16.2. The molecule has 0 fully saturated rings. The Balaban J connectivity index is 1.59. The highest BCUT2D eigenvalue weighted by molar-refractivity contribution is 5.80. The van der Waals surface area contributed by atoms with E-state index in [-0.39, 0.29) is 5.91 Å². The van der Waals surface area contributed by atoms with Crippen molar-refractivity contribution >= 4 is 16.8 Å². The maximum Gasteiger partial charge on any atom is 0.224 e. The minimum Gasteiger partial charge on any atom is -0.347 e. The first-order valence-electron chi connectivity index (χ1n) is 7.94. The highest BCUT2D eigenvalue weighted by Crippen LogP contribution is 2.15. The van der Waals surface area contributed by atoms with E-state index < -0.39 is 0 Å². The molecular weight excluding hydrogens is 298 g/mol. The number of carbonyl (C=O) groups excluding carboxylic acids is 1. The van der Waals surface area contributed by atoms with E-state index in [4.69, 9.17) is 5.26 Å². The lowest BCUT2D eigenvalue weighted by molar-refractivity contribution is -0.130. The van der Waals surface area contributed by atoms with E-state index in [2.05, 4.69) is 28.8 Å². The summed E-state index contributed by atoms with van der Waals surface area (Å²) in [6.07, 6.45) is 2.49. The Morgan fingerprint density at radius 1 is 1.12 bits per heavy atom. The molecule has 24 heavy (non-hydrogen) atoms. The van der Waals surface area contributed by atoms with Crippen LogP contribution in [0.25, 0.3) is 10.9 Å². The molecule has 0 spiro atoms. The maximum absolute atomic E-state index is 12.4. The zero-order chi connectivity index (χ0) is 16.9. The van der Waals surface area contributed by atoms with Crippen LogP contribution in [0.3, 0.4) is 0 Å². The first-order chi connectivity index (χ1) is 11.7. The summed E-state index contributed by atoms with van der Waals surface area (Å²) in [6, 6.07) is 19.7. The van der Waals surface area contributed by atoms with E-state index in [1.54, 1.807) is 17.0 Å². The monoisotopic (exact) mass is 317 g/mol. The van der Waals surface area contributed by atoms with Gasteiger partial charge in [-0.05, 0) is 35.2 Å². The summed E-state index contributed by atoms with van der Waals surface area (Å²) in [5.74, 6) is 0.108. The number of carbonyl (C=O) groups is 1. The topological polar surface area (TPSA) is 49.0 Å². The van der Waals surface area contributed by atoms with Crippen LogP contribution in [0.5, 0.6) is 0 Å². The summed E-state index contributed by atoms with van der Waals surface area (Å²) in [7, 11) is 1.81. The standard InChI is InChI=1S/C20H19N3O/c1-22(15-17-8-6-16(14-21)7-9-17)20(24)11-13-23-12-10-18-4-2-3-5-19(18)23/h2-10,12H,11,13,15H2,1H3. The molecule has 1 amide bonds. The maximum atomic E-state index is 12.4. The number of amides is 1. The molecular formula is C20H19N3O. The molecule has 1 aromatic heterocycles. The molecule has 0 bridgehead atoms. The number of rotatable bonds is 5. The number of nitrogens with zero attached hydrogens (tertiary/aromatic N) is 3. The minimum atomic E-state index is 0.108. The largest absolute Gasteiger partial charge is 0.347 e. The van der Waals surface area contributed by atoms with Gasteiger partial charge in [0.15, 0.2) is 0 Å². The van der Waals surface area contributed by atoms with Crippen LogP contribution in [0.15, 0.2) is 60.8 Å². The Labute approximate surface area is 141 Å². The van der Waals surface area contributed by atoms with Crippen molar-refractivity contribution in [2.75, 3.05) is 7.05 Å². The van der Waals surface area contributed by atoms with Gasteiger partial charge in [0.25, 0.3) is 0 Å². The molecule has 0 atom stereocenters. The highest BCUT2D eigenvalue weighted by Gasteiger charge is 2.10. The lowest BCUT2D eigenvalue weighted by atomic mass is 10.1. The summed E-state index contributed by atoms with van der Waals surface area (Å²) < 4.78 is 2.11. The summed E-state index contributed by atoms with van der Waals surface area (Å²) in [4.78, 5) is 14.1. The Kier molecular flexibility index (Phi) is 4.62. The van der Waals surface area contributed by atoms with Crippen molar-refractivity contribution in [2.24, 2.45) is 0 Å². The van der Waals surface area contributed by atoms with Crippen LogP contribution >= 0.6 is 0 Å². The number of hydrogen-bond acceptors (Lipinski definition) is 2. The van der Waals surface area contributed by atoms with Gasteiger partial charge in [-0.15, -0.1) is 0 Å². The molecule has 0 N–H and O–H groups in total. The lowest BCUT2D eigenvalue weighted by Gasteiger charge is -2.17. The SMILES string of the molecule is CN(Cc1ccc(C#N)cc1)C(=O)CCn1ccc2ccccc21. The molecule has 0 aliphatic carbocycles. The van der Waals surface area contributed by atoms with E-state index in [9.17, 15) is 4.79 Å².